The number of aromatic nitrogens is 2. The van der Waals surface area contributed by atoms with Gasteiger partial charge in [0.05, 0.1) is 11.4 Å². The van der Waals surface area contributed by atoms with Crippen LogP contribution in [-0.2, 0) is 11.8 Å². The van der Waals surface area contributed by atoms with Crippen LogP contribution >= 0.6 is 0 Å². The monoisotopic (exact) mass is 392 g/mol. The van der Waals surface area contributed by atoms with Crippen molar-refractivity contribution in [1.82, 2.24) is 14.7 Å². The summed E-state index contributed by atoms with van der Waals surface area (Å²) in [6, 6.07) is 16.5. The Hall–Kier alpha value is -3.61. The predicted molar refractivity (Wildman–Crippen MR) is 113 cm³/mol. The van der Waals surface area contributed by atoms with Crippen molar-refractivity contribution in [3.63, 3.8) is 0 Å². The number of para-hydroxylation sites is 1. The summed E-state index contributed by atoms with van der Waals surface area (Å²) >= 11 is 0. The van der Waals surface area contributed by atoms with Crippen LogP contribution in [0, 0.1) is 13.8 Å². The second-order valence-electron chi connectivity index (χ2n) is 6.81. The number of hydrogen-bond acceptors (Lipinski definition) is 3. The first kappa shape index (κ1) is 20.1. The molecule has 0 unspecified atom stereocenters. The normalized spacial score (nSPS) is 10.6. The van der Waals surface area contributed by atoms with Gasteiger partial charge in [-0.25, -0.2) is 4.68 Å². The Morgan fingerprint density at radius 3 is 2.31 bits per heavy atom. The zero-order valence-corrected chi connectivity index (χ0v) is 16.7. The first-order valence-electron chi connectivity index (χ1n) is 9.38. The van der Waals surface area contributed by atoms with E-state index in [4.69, 9.17) is 0 Å². The lowest BCUT2D eigenvalue weighted by molar-refractivity contribution is -0.116. The van der Waals surface area contributed by atoms with Crippen molar-refractivity contribution in [1.29, 1.82) is 0 Å². The highest BCUT2D eigenvalue weighted by Gasteiger charge is 2.18. The van der Waals surface area contributed by atoms with Gasteiger partial charge in [-0.1, -0.05) is 36.4 Å². The van der Waals surface area contributed by atoms with Gasteiger partial charge in [0.25, 0.3) is 11.5 Å². The molecule has 1 heterocycles. The molecule has 1 aromatic heterocycles. The van der Waals surface area contributed by atoms with Gasteiger partial charge in [0.15, 0.2) is 0 Å². The zero-order valence-electron chi connectivity index (χ0n) is 16.7. The van der Waals surface area contributed by atoms with E-state index in [1.165, 1.54) is 4.68 Å². The third-order valence-electron chi connectivity index (χ3n) is 4.85. The molecule has 0 aliphatic carbocycles. The van der Waals surface area contributed by atoms with Gasteiger partial charge in [-0.15, -0.1) is 0 Å². The van der Waals surface area contributed by atoms with Gasteiger partial charge in [0.1, 0.15) is 5.69 Å². The summed E-state index contributed by atoms with van der Waals surface area (Å²) in [4.78, 5) is 37.4. The number of rotatable bonds is 6. The van der Waals surface area contributed by atoms with E-state index < -0.39 is 0 Å². The summed E-state index contributed by atoms with van der Waals surface area (Å²) in [6.45, 7) is 3.81. The molecule has 7 heteroatoms. The third-order valence-corrected chi connectivity index (χ3v) is 4.85. The lowest BCUT2D eigenvalue weighted by Crippen LogP contribution is -2.29. The molecule has 0 spiro atoms. The van der Waals surface area contributed by atoms with E-state index in [2.05, 4.69) is 10.6 Å². The van der Waals surface area contributed by atoms with Crippen molar-refractivity contribution in [2.45, 2.75) is 20.3 Å². The lowest BCUT2D eigenvalue weighted by Gasteiger charge is -2.08. The molecule has 29 heavy (non-hydrogen) atoms. The number of amides is 2. The topological polar surface area (TPSA) is 85.1 Å². The van der Waals surface area contributed by atoms with Crippen LogP contribution in [0.1, 0.15) is 28.0 Å². The summed E-state index contributed by atoms with van der Waals surface area (Å²) < 4.78 is 3.21. The predicted octanol–water partition coefficient (Wildman–Crippen LogP) is 2.55. The van der Waals surface area contributed by atoms with Gasteiger partial charge in [-0.05, 0) is 37.6 Å². The third kappa shape index (κ3) is 4.29. The van der Waals surface area contributed by atoms with Crippen LogP contribution in [0.2, 0.25) is 0 Å². The average molecular weight is 392 g/mol. The summed E-state index contributed by atoms with van der Waals surface area (Å²) in [5.41, 5.74) is 2.76. The maximum absolute atomic E-state index is 12.8. The summed E-state index contributed by atoms with van der Waals surface area (Å²) in [5, 5.41) is 5.43. The second kappa shape index (κ2) is 8.60. The number of benzene rings is 2. The molecule has 3 aromatic rings. The van der Waals surface area contributed by atoms with Crippen LogP contribution in [0.3, 0.4) is 0 Å². The number of aryl methyl sites for hydroxylation is 1. The molecule has 2 amide bonds. The minimum Gasteiger partial charge on any atom is -0.352 e. The van der Waals surface area contributed by atoms with Crippen molar-refractivity contribution in [2.75, 3.05) is 11.9 Å². The van der Waals surface area contributed by atoms with E-state index in [9.17, 15) is 14.4 Å². The molecule has 2 aromatic carbocycles. The fourth-order valence-electron chi connectivity index (χ4n) is 3.13. The van der Waals surface area contributed by atoms with Gasteiger partial charge in [0, 0.05) is 25.6 Å². The maximum Gasteiger partial charge on any atom is 0.295 e. The van der Waals surface area contributed by atoms with Crippen LogP contribution < -0.4 is 16.2 Å². The van der Waals surface area contributed by atoms with Crippen LogP contribution in [-0.4, -0.2) is 27.7 Å². The molecule has 0 saturated heterocycles. The molecule has 3 rings (SSSR count). The number of anilines is 1. The molecule has 0 radical (unpaired) electrons. The molecule has 0 atom stereocenters. The number of hydrogen-bond donors (Lipinski definition) is 2. The van der Waals surface area contributed by atoms with Gasteiger partial charge in [-0.2, -0.15) is 0 Å². The maximum atomic E-state index is 12.8. The second-order valence-corrected chi connectivity index (χ2v) is 6.81. The Balaban J connectivity index is 1.65. The molecule has 0 saturated carbocycles. The summed E-state index contributed by atoms with van der Waals surface area (Å²) in [5.74, 6) is -0.556. The first-order chi connectivity index (χ1) is 13.9. The molecule has 150 valence electrons. The molecule has 0 bridgehead atoms. The Morgan fingerprint density at radius 2 is 1.62 bits per heavy atom. The number of nitrogens with zero attached hydrogens (tertiary/aromatic N) is 2. The van der Waals surface area contributed by atoms with Crippen LogP contribution in [0.25, 0.3) is 5.69 Å². The van der Waals surface area contributed by atoms with E-state index in [0.29, 0.717) is 16.9 Å². The summed E-state index contributed by atoms with van der Waals surface area (Å²) in [6.07, 6.45) is 0.0662. The van der Waals surface area contributed by atoms with Crippen LogP contribution in [0.15, 0.2) is 59.4 Å². The Morgan fingerprint density at radius 1 is 0.966 bits per heavy atom. The molecule has 0 aliphatic rings. The van der Waals surface area contributed by atoms with E-state index >= 15 is 0 Å². The lowest BCUT2D eigenvalue weighted by atomic mass is 10.1. The first-order valence-corrected chi connectivity index (χ1v) is 9.38. The largest absolute Gasteiger partial charge is 0.352 e. The quantitative estimate of drug-likeness (QED) is 0.676. The highest BCUT2D eigenvalue weighted by atomic mass is 16.2. The average Bonchev–Trinajstić information content (AvgIpc) is 2.92. The van der Waals surface area contributed by atoms with Crippen molar-refractivity contribution in [3.05, 3.63) is 81.8 Å². The molecular formula is C22H24N4O3. The molecule has 7 nitrogen and oxygen atoms in total. The number of carbonyl (C=O) groups is 2. The molecule has 2 N–H and O–H groups in total. The van der Waals surface area contributed by atoms with E-state index in [-0.39, 0.29) is 36.0 Å². The minimum absolute atomic E-state index is 0.0662. The van der Waals surface area contributed by atoms with Gasteiger partial charge >= 0.3 is 0 Å². The van der Waals surface area contributed by atoms with Gasteiger partial charge in [-0.3, -0.25) is 19.1 Å². The smallest absolute Gasteiger partial charge is 0.295 e. The SMILES string of the molecule is Cc1ccccc1C(=O)NCCC(=O)Nc1c(C)n(C)n(-c2ccccc2)c1=O. The molecule has 0 fully saturated rings. The Bertz CT molecular complexity index is 1100. The van der Waals surface area contributed by atoms with E-state index in [1.807, 2.05) is 49.4 Å². The highest BCUT2D eigenvalue weighted by Crippen LogP contribution is 2.14. The van der Waals surface area contributed by atoms with E-state index in [0.717, 1.165) is 5.56 Å². The molecular weight excluding hydrogens is 368 g/mol. The van der Waals surface area contributed by atoms with Crippen molar-refractivity contribution >= 4 is 17.5 Å². The van der Waals surface area contributed by atoms with Crippen LogP contribution in [0.5, 0.6) is 0 Å². The number of nitrogens with one attached hydrogen (secondary N) is 2. The van der Waals surface area contributed by atoms with Crippen molar-refractivity contribution in [3.8, 4) is 5.69 Å². The Kier molecular flexibility index (Phi) is 5.97. The van der Waals surface area contributed by atoms with Crippen molar-refractivity contribution in [2.24, 2.45) is 7.05 Å². The minimum atomic E-state index is -0.332. The molecule has 0 aliphatic heterocycles. The highest BCUT2D eigenvalue weighted by molar-refractivity contribution is 5.96. The van der Waals surface area contributed by atoms with Crippen molar-refractivity contribution < 1.29 is 9.59 Å². The number of carbonyl (C=O) groups excluding carboxylic acids is 2. The van der Waals surface area contributed by atoms with Gasteiger partial charge < -0.3 is 10.6 Å². The zero-order chi connectivity index (χ0) is 21.0. The van der Waals surface area contributed by atoms with Crippen LogP contribution in [0.4, 0.5) is 5.69 Å². The fourth-order valence-corrected chi connectivity index (χ4v) is 3.13. The summed E-state index contributed by atoms with van der Waals surface area (Å²) in [7, 11) is 1.77. The van der Waals surface area contributed by atoms with E-state index in [1.54, 1.807) is 30.8 Å². The van der Waals surface area contributed by atoms with Gasteiger partial charge in [0.2, 0.25) is 5.91 Å². The Labute approximate surface area is 169 Å². The standard InChI is InChI=1S/C22H24N4O3/c1-15-9-7-8-12-18(15)21(28)23-14-13-19(27)24-20-16(2)25(3)26(22(20)29)17-10-5-4-6-11-17/h4-12H,13-14H2,1-3H3,(H,23,28)(H,24,27). The fraction of sp³-hybridized carbons (Fsp3) is 0.227.